The molecule has 0 bridgehead atoms. The monoisotopic (exact) mass is 261 g/mol. The van der Waals surface area contributed by atoms with Gasteiger partial charge in [0.15, 0.2) is 0 Å². The van der Waals surface area contributed by atoms with E-state index in [1.165, 1.54) is 12.1 Å². The van der Waals surface area contributed by atoms with Crippen LogP contribution in [0.5, 0.6) is 0 Å². The molecule has 19 heavy (non-hydrogen) atoms. The molecule has 0 unspecified atom stereocenters. The van der Waals surface area contributed by atoms with E-state index >= 15 is 0 Å². The van der Waals surface area contributed by atoms with Gasteiger partial charge in [0.25, 0.3) is 0 Å². The van der Waals surface area contributed by atoms with E-state index in [0.29, 0.717) is 17.7 Å². The summed E-state index contributed by atoms with van der Waals surface area (Å²) < 4.78 is 27.8. The lowest BCUT2D eigenvalue weighted by molar-refractivity contribution is 0.595. The zero-order chi connectivity index (χ0) is 14.0. The van der Waals surface area contributed by atoms with Gasteiger partial charge in [0.1, 0.15) is 11.6 Å². The van der Waals surface area contributed by atoms with E-state index in [9.17, 15) is 8.78 Å². The minimum Gasteiger partial charge on any atom is -0.316 e. The van der Waals surface area contributed by atoms with E-state index in [1.807, 2.05) is 32.2 Å². The molecule has 0 aliphatic heterocycles. The highest BCUT2D eigenvalue weighted by atomic mass is 19.1. The molecule has 2 rings (SSSR count). The van der Waals surface area contributed by atoms with Gasteiger partial charge < -0.3 is 5.32 Å². The van der Waals surface area contributed by atoms with Crippen molar-refractivity contribution < 1.29 is 8.78 Å². The molecule has 0 aliphatic carbocycles. The summed E-state index contributed by atoms with van der Waals surface area (Å²) in [4.78, 5) is 0. The fraction of sp³-hybridized carbons (Fsp3) is 0.250. The third-order valence-corrected chi connectivity index (χ3v) is 3.17. The smallest absolute Gasteiger partial charge is 0.131 e. The number of hydrogen-bond donors (Lipinski definition) is 1. The molecule has 0 saturated heterocycles. The van der Waals surface area contributed by atoms with Crippen molar-refractivity contribution in [1.29, 1.82) is 0 Å². The molecule has 2 aromatic carbocycles. The quantitative estimate of drug-likeness (QED) is 0.881. The highest BCUT2D eigenvalue weighted by Gasteiger charge is 2.12. The van der Waals surface area contributed by atoms with Gasteiger partial charge in [-0.15, -0.1) is 0 Å². The van der Waals surface area contributed by atoms with Crippen molar-refractivity contribution in [1.82, 2.24) is 5.32 Å². The van der Waals surface area contributed by atoms with Crippen molar-refractivity contribution in [3.8, 4) is 11.1 Å². The first-order valence-corrected chi connectivity index (χ1v) is 6.23. The van der Waals surface area contributed by atoms with Gasteiger partial charge in [-0.1, -0.05) is 23.8 Å². The van der Waals surface area contributed by atoms with Crippen LogP contribution in [0, 0.1) is 25.5 Å². The van der Waals surface area contributed by atoms with Crippen molar-refractivity contribution >= 4 is 0 Å². The predicted molar refractivity (Wildman–Crippen MR) is 74.0 cm³/mol. The Morgan fingerprint density at radius 3 is 2.37 bits per heavy atom. The zero-order valence-electron chi connectivity index (χ0n) is 11.3. The van der Waals surface area contributed by atoms with E-state index in [1.54, 1.807) is 6.92 Å². The predicted octanol–water partition coefficient (Wildman–Crippen LogP) is 3.97. The molecule has 1 N–H and O–H groups in total. The third kappa shape index (κ3) is 2.82. The average molecular weight is 261 g/mol. The molecule has 0 atom stereocenters. The number of halogens is 2. The Balaban J connectivity index is 2.63. The van der Waals surface area contributed by atoms with Gasteiger partial charge in [0.2, 0.25) is 0 Å². The van der Waals surface area contributed by atoms with Crippen LogP contribution < -0.4 is 5.32 Å². The van der Waals surface area contributed by atoms with Crippen molar-refractivity contribution in [3.63, 3.8) is 0 Å². The Hall–Kier alpha value is -1.74. The lowest BCUT2D eigenvalue weighted by atomic mass is 9.96. The topological polar surface area (TPSA) is 12.0 Å². The molecule has 100 valence electrons. The van der Waals surface area contributed by atoms with E-state index in [2.05, 4.69) is 5.32 Å². The molecule has 1 nitrogen and oxygen atoms in total. The molecule has 0 amide bonds. The van der Waals surface area contributed by atoms with Gasteiger partial charge in [-0.2, -0.15) is 0 Å². The van der Waals surface area contributed by atoms with E-state index in [4.69, 9.17) is 0 Å². The summed E-state index contributed by atoms with van der Waals surface area (Å²) in [6, 6.07) is 8.33. The summed E-state index contributed by atoms with van der Waals surface area (Å²) in [7, 11) is 1.83. The maximum atomic E-state index is 14.1. The largest absolute Gasteiger partial charge is 0.316 e. The lowest BCUT2D eigenvalue weighted by Crippen LogP contribution is -2.07. The van der Waals surface area contributed by atoms with Gasteiger partial charge in [-0.05, 0) is 49.7 Å². The van der Waals surface area contributed by atoms with Crippen LogP contribution in [0.3, 0.4) is 0 Å². The minimum absolute atomic E-state index is 0.317. The fourth-order valence-electron chi connectivity index (χ4n) is 2.14. The molecule has 2 aromatic rings. The van der Waals surface area contributed by atoms with Crippen LogP contribution in [0.15, 0.2) is 30.3 Å². The summed E-state index contributed by atoms with van der Waals surface area (Å²) in [5.74, 6) is -0.768. The first-order chi connectivity index (χ1) is 9.02. The summed E-state index contributed by atoms with van der Waals surface area (Å²) in [5, 5.41) is 3.04. The van der Waals surface area contributed by atoms with E-state index < -0.39 is 0 Å². The van der Waals surface area contributed by atoms with Crippen LogP contribution in [0.4, 0.5) is 8.78 Å². The molecule has 0 heterocycles. The van der Waals surface area contributed by atoms with Crippen LogP contribution in [-0.4, -0.2) is 7.05 Å². The zero-order valence-corrected chi connectivity index (χ0v) is 11.3. The fourth-order valence-corrected chi connectivity index (χ4v) is 2.14. The molecule has 0 spiro atoms. The van der Waals surface area contributed by atoms with Crippen molar-refractivity contribution in [3.05, 3.63) is 58.7 Å². The van der Waals surface area contributed by atoms with Gasteiger partial charge in [0.05, 0.1) is 0 Å². The van der Waals surface area contributed by atoms with Crippen molar-refractivity contribution in [2.45, 2.75) is 20.4 Å². The second-order valence-electron chi connectivity index (χ2n) is 4.77. The highest BCUT2D eigenvalue weighted by Crippen LogP contribution is 2.29. The molecule has 0 fully saturated rings. The Labute approximate surface area is 112 Å². The molecule has 3 heteroatoms. The van der Waals surface area contributed by atoms with E-state index in [0.717, 1.165) is 16.7 Å². The average Bonchev–Trinajstić information content (AvgIpc) is 2.36. The van der Waals surface area contributed by atoms with Crippen LogP contribution in [0.25, 0.3) is 11.1 Å². The van der Waals surface area contributed by atoms with Crippen LogP contribution in [0.1, 0.15) is 16.7 Å². The Morgan fingerprint density at radius 2 is 1.68 bits per heavy atom. The van der Waals surface area contributed by atoms with Crippen LogP contribution in [0.2, 0.25) is 0 Å². The molecule has 0 radical (unpaired) electrons. The maximum absolute atomic E-state index is 14.1. The second-order valence-corrected chi connectivity index (χ2v) is 4.77. The number of hydrogen-bond acceptors (Lipinski definition) is 1. The maximum Gasteiger partial charge on any atom is 0.131 e. The number of benzene rings is 2. The Morgan fingerprint density at radius 1 is 0.947 bits per heavy atom. The Bertz CT molecular complexity index is 606. The van der Waals surface area contributed by atoms with E-state index in [-0.39, 0.29) is 11.6 Å². The molecule has 0 aromatic heterocycles. The van der Waals surface area contributed by atoms with Crippen molar-refractivity contribution in [2.24, 2.45) is 0 Å². The summed E-state index contributed by atoms with van der Waals surface area (Å²) in [6.07, 6.45) is 0. The van der Waals surface area contributed by atoms with Gasteiger partial charge in [-0.3, -0.25) is 0 Å². The van der Waals surface area contributed by atoms with Crippen molar-refractivity contribution in [2.75, 3.05) is 7.05 Å². The first-order valence-electron chi connectivity index (χ1n) is 6.23. The highest BCUT2D eigenvalue weighted by molar-refractivity contribution is 5.69. The standard InChI is InChI=1S/C16H17F2N/c1-10-4-5-12(9-19-3)13(6-10)14-8-15(17)11(2)7-16(14)18/h4-8,19H,9H2,1-3H3. The number of rotatable bonds is 3. The number of aryl methyl sites for hydroxylation is 2. The number of nitrogens with one attached hydrogen (secondary N) is 1. The third-order valence-electron chi connectivity index (χ3n) is 3.17. The van der Waals surface area contributed by atoms with Crippen LogP contribution >= 0.6 is 0 Å². The summed E-state index contributed by atoms with van der Waals surface area (Å²) in [5.41, 5.74) is 3.36. The van der Waals surface area contributed by atoms with Gasteiger partial charge >= 0.3 is 0 Å². The minimum atomic E-state index is -0.387. The second kappa shape index (κ2) is 5.49. The Kier molecular flexibility index (Phi) is 3.96. The van der Waals surface area contributed by atoms with Gasteiger partial charge in [-0.25, -0.2) is 8.78 Å². The summed E-state index contributed by atoms with van der Waals surface area (Å²) >= 11 is 0. The van der Waals surface area contributed by atoms with Gasteiger partial charge in [0, 0.05) is 12.1 Å². The summed E-state index contributed by atoms with van der Waals surface area (Å²) in [6.45, 7) is 4.12. The lowest BCUT2D eigenvalue weighted by Gasteiger charge is -2.12. The first kappa shape index (κ1) is 13.7. The molecule has 0 aliphatic rings. The molecule has 0 saturated carbocycles. The molecular weight excluding hydrogens is 244 g/mol. The normalized spacial score (nSPS) is 10.8. The SMILES string of the molecule is CNCc1ccc(C)cc1-c1cc(F)c(C)cc1F. The molecular formula is C16H17F2N. The van der Waals surface area contributed by atoms with Crippen LogP contribution in [-0.2, 0) is 6.54 Å².